The maximum Gasteiger partial charge on any atom is 0.306 e. The normalized spacial score (nSPS) is 12.1. The van der Waals surface area contributed by atoms with Crippen molar-refractivity contribution >= 4 is 17.9 Å². The van der Waals surface area contributed by atoms with Gasteiger partial charge in [0.2, 0.25) is 0 Å². The van der Waals surface area contributed by atoms with Gasteiger partial charge in [0, 0.05) is 19.3 Å². The average molecular weight is 1100 g/mol. The number of carbonyl (C=O) groups excluding carboxylic acids is 3. The highest BCUT2D eigenvalue weighted by atomic mass is 16.6. The Bertz CT molecular complexity index is 1260. The number of allylic oxidation sites excluding steroid dienone is 4. The number of hydrogen-bond donors (Lipinski definition) is 0. The molecule has 1 unspecified atom stereocenters. The summed E-state index contributed by atoms with van der Waals surface area (Å²) >= 11 is 0. The lowest BCUT2D eigenvalue weighted by Gasteiger charge is -2.18. The van der Waals surface area contributed by atoms with Crippen molar-refractivity contribution in [2.24, 2.45) is 0 Å². The molecule has 0 N–H and O–H groups in total. The van der Waals surface area contributed by atoms with E-state index in [1.165, 1.54) is 289 Å². The zero-order valence-corrected chi connectivity index (χ0v) is 53.0. The lowest BCUT2D eigenvalue weighted by Crippen LogP contribution is -2.30. The zero-order chi connectivity index (χ0) is 56.4. The van der Waals surface area contributed by atoms with Crippen molar-refractivity contribution in [1.29, 1.82) is 0 Å². The maximum absolute atomic E-state index is 12.9. The Hall–Kier alpha value is -2.11. The van der Waals surface area contributed by atoms with Crippen LogP contribution in [0.25, 0.3) is 0 Å². The van der Waals surface area contributed by atoms with Crippen molar-refractivity contribution in [2.75, 3.05) is 13.2 Å². The van der Waals surface area contributed by atoms with E-state index in [1.54, 1.807) is 0 Å². The summed E-state index contributed by atoms with van der Waals surface area (Å²) in [6.07, 6.45) is 82.4. The van der Waals surface area contributed by atoms with Crippen LogP contribution in [0.4, 0.5) is 0 Å². The third-order valence-corrected chi connectivity index (χ3v) is 16.2. The van der Waals surface area contributed by atoms with Crippen LogP contribution in [0, 0.1) is 0 Å². The van der Waals surface area contributed by atoms with Crippen LogP contribution >= 0.6 is 0 Å². The molecular formula is C72H136O6. The quantitative estimate of drug-likeness (QED) is 0.0261. The first-order valence-electron chi connectivity index (χ1n) is 35.3. The molecule has 0 radical (unpaired) electrons. The van der Waals surface area contributed by atoms with Crippen LogP contribution in [0.3, 0.4) is 0 Å². The molecule has 0 saturated carbocycles. The van der Waals surface area contributed by atoms with E-state index in [1.807, 2.05) is 0 Å². The molecule has 0 aromatic rings. The highest BCUT2D eigenvalue weighted by molar-refractivity contribution is 5.71. The van der Waals surface area contributed by atoms with Crippen molar-refractivity contribution in [3.8, 4) is 0 Å². The van der Waals surface area contributed by atoms with Gasteiger partial charge in [0.15, 0.2) is 6.10 Å². The van der Waals surface area contributed by atoms with Gasteiger partial charge in [-0.3, -0.25) is 14.4 Å². The highest BCUT2D eigenvalue weighted by Crippen LogP contribution is 2.19. The molecule has 0 spiro atoms. The second-order valence-electron chi connectivity index (χ2n) is 24.1. The molecule has 0 aliphatic carbocycles. The smallest absolute Gasteiger partial charge is 0.306 e. The molecule has 0 aliphatic rings. The fourth-order valence-electron chi connectivity index (χ4n) is 10.9. The van der Waals surface area contributed by atoms with E-state index >= 15 is 0 Å². The third kappa shape index (κ3) is 64.7. The monoisotopic (exact) mass is 1100 g/mol. The zero-order valence-electron chi connectivity index (χ0n) is 53.0. The van der Waals surface area contributed by atoms with Crippen molar-refractivity contribution < 1.29 is 28.6 Å². The van der Waals surface area contributed by atoms with E-state index in [4.69, 9.17) is 14.2 Å². The summed E-state index contributed by atoms with van der Waals surface area (Å²) in [5.74, 6) is -0.852. The molecule has 6 nitrogen and oxygen atoms in total. The molecule has 0 saturated heterocycles. The van der Waals surface area contributed by atoms with E-state index in [2.05, 4.69) is 45.1 Å². The molecule has 0 bridgehead atoms. The van der Waals surface area contributed by atoms with Gasteiger partial charge in [-0.05, 0) is 64.2 Å². The predicted octanol–water partition coefficient (Wildman–Crippen LogP) is 24.2. The van der Waals surface area contributed by atoms with E-state index in [9.17, 15) is 14.4 Å². The van der Waals surface area contributed by atoms with Gasteiger partial charge >= 0.3 is 17.9 Å². The number of ether oxygens (including phenoxy) is 3. The van der Waals surface area contributed by atoms with Gasteiger partial charge in [-0.15, -0.1) is 0 Å². The molecule has 0 heterocycles. The van der Waals surface area contributed by atoms with Gasteiger partial charge < -0.3 is 14.2 Å². The number of carbonyl (C=O) groups is 3. The van der Waals surface area contributed by atoms with Crippen LogP contribution in [0.1, 0.15) is 400 Å². The van der Waals surface area contributed by atoms with E-state index in [0.29, 0.717) is 19.3 Å². The van der Waals surface area contributed by atoms with Crippen molar-refractivity contribution in [2.45, 2.75) is 406 Å². The number of hydrogen-bond acceptors (Lipinski definition) is 6. The van der Waals surface area contributed by atoms with Gasteiger partial charge in [0.05, 0.1) is 0 Å². The molecule has 0 aliphatic heterocycles. The van der Waals surface area contributed by atoms with Crippen molar-refractivity contribution in [3.63, 3.8) is 0 Å². The molecule has 0 aromatic carbocycles. The third-order valence-electron chi connectivity index (χ3n) is 16.2. The molecule has 1 atom stereocenters. The van der Waals surface area contributed by atoms with Crippen LogP contribution in [-0.4, -0.2) is 37.2 Å². The Kier molecular flexibility index (Phi) is 65.6. The standard InChI is InChI=1S/C72H136O6/c1-4-7-10-13-16-19-22-24-26-27-28-29-30-31-32-33-34-35-36-37-38-39-40-41-42-43-44-45-47-48-50-53-56-59-62-65-71(74)77-68-69(67-76-70(73)64-61-58-55-52-21-18-15-12-9-6-3)78-72(75)66-63-60-57-54-51-49-46-25-23-20-17-14-11-8-5-2/h12,15,27-28,69H,4-11,13-14,16-26,29-68H2,1-3H3/b15-12-,28-27-. The Morgan fingerprint density at radius 2 is 0.449 bits per heavy atom. The van der Waals surface area contributed by atoms with Gasteiger partial charge in [-0.1, -0.05) is 340 Å². The van der Waals surface area contributed by atoms with Crippen LogP contribution in [0.15, 0.2) is 24.3 Å². The van der Waals surface area contributed by atoms with Crippen molar-refractivity contribution in [1.82, 2.24) is 0 Å². The number of esters is 3. The molecule has 0 rings (SSSR count). The van der Waals surface area contributed by atoms with Crippen LogP contribution in [0.2, 0.25) is 0 Å². The van der Waals surface area contributed by atoms with Crippen molar-refractivity contribution in [3.05, 3.63) is 24.3 Å². The van der Waals surface area contributed by atoms with Gasteiger partial charge in [0.1, 0.15) is 13.2 Å². The second-order valence-corrected chi connectivity index (χ2v) is 24.1. The van der Waals surface area contributed by atoms with E-state index in [-0.39, 0.29) is 31.1 Å². The van der Waals surface area contributed by atoms with Gasteiger partial charge in [-0.25, -0.2) is 0 Å². The molecule has 6 heteroatoms. The van der Waals surface area contributed by atoms with E-state index < -0.39 is 6.10 Å². The largest absolute Gasteiger partial charge is 0.462 e. The summed E-state index contributed by atoms with van der Waals surface area (Å²) in [6, 6.07) is 0. The summed E-state index contributed by atoms with van der Waals surface area (Å²) in [5.41, 5.74) is 0. The predicted molar refractivity (Wildman–Crippen MR) is 340 cm³/mol. The first-order chi connectivity index (χ1) is 38.5. The molecule has 460 valence electrons. The Balaban J connectivity index is 3.97. The highest BCUT2D eigenvalue weighted by Gasteiger charge is 2.19. The topological polar surface area (TPSA) is 78.9 Å². The number of unbranched alkanes of at least 4 members (excludes halogenated alkanes) is 51. The fourth-order valence-corrected chi connectivity index (χ4v) is 10.9. The lowest BCUT2D eigenvalue weighted by atomic mass is 10.0. The second kappa shape index (κ2) is 67.4. The Morgan fingerprint density at radius 1 is 0.244 bits per heavy atom. The molecular weight excluding hydrogens is 961 g/mol. The first kappa shape index (κ1) is 75.9. The van der Waals surface area contributed by atoms with Gasteiger partial charge in [0.25, 0.3) is 0 Å². The molecule has 0 amide bonds. The first-order valence-corrected chi connectivity index (χ1v) is 35.3. The Morgan fingerprint density at radius 3 is 0.692 bits per heavy atom. The SMILES string of the molecule is CCC/C=C\CCCCCCCC(=O)OCC(COC(=O)CCCCCCCCCCCCCCCCCCCCCCCCC/C=C\CCCCCCCCCC)OC(=O)CCCCCCCCCCCCCCCCC. The van der Waals surface area contributed by atoms with Crippen LogP contribution in [-0.2, 0) is 28.6 Å². The molecule has 78 heavy (non-hydrogen) atoms. The minimum Gasteiger partial charge on any atom is -0.462 e. The maximum atomic E-state index is 12.9. The lowest BCUT2D eigenvalue weighted by molar-refractivity contribution is -0.167. The minimum atomic E-state index is -0.769. The summed E-state index contributed by atoms with van der Waals surface area (Å²) in [5, 5.41) is 0. The molecule has 0 fully saturated rings. The Labute approximate surface area is 487 Å². The molecule has 0 aromatic heterocycles. The van der Waals surface area contributed by atoms with Crippen LogP contribution in [0.5, 0.6) is 0 Å². The fraction of sp³-hybridized carbons (Fsp3) is 0.903. The number of rotatable bonds is 66. The summed E-state index contributed by atoms with van der Waals surface area (Å²) in [7, 11) is 0. The van der Waals surface area contributed by atoms with Gasteiger partial charge in [-0.2, -0.15) is 0 Å². The van der Waals surface area contributed by atoms with E-state index in [0.717, 1.165) is 70.6 Å². The summed E-state index contributed by atoms with van der Waals surface area (Å²) in [6.45, 7) is 6.64. The summed E-state index contributed by atoms with van der Waals surface area (Å²) in [4.78, 5) is 38.2. The summed E-state index contributed by atoms with van der Waals surface area (Å²) < 4.78 is 16.9. The average Bonchev–Trinajstić information content (AvgIpc) is 3.44. The van der Waals surface area contributed by atoms with Crippen LogP contribution < -0.4 is 0 Å². The minimum absolute atomic E-state index is 0.0675.